The van der Waals surface area contributed by atoms with Crippen LogP contribution in [0.3, 0.4) is 0 Å². The van der Waals surface area contributed by atoms with E-state index in [2.05, 4.69) is 22.0 Å². The van der Waals surface area contributed by atoms with Crippen LogP contribution >= 0.6 is 15.9 Å². The van der Waals surface area contributed by atoms with Gasteiger partial charge in [-0.25, -0.2) is 0 Å². The van der Waals surface area contributed by atoms with Crippen LogP contribution in [0.25, 0.3) is 10.8 Å². The summed E-state index contributed by atoms with van der Waals surface area (Å²) in [5, 5.41) is 20.5. The molecule has 0 spiro atoms. The molecule has 0 heterocycles. The maximum Gasteiger partial charge on any atom is 0.131 e. The smallest absolute Gasteiger partial charge is 0.131 e. The van der Waals surface area contributed by atoms with Crippen molar-refractivity contribution in [1.29, 1.82) is 0 Å². The van der Waals surface area contributed by atoms with Gasteiger partial charge in [-0.05, 0) is 49.3 Å². The van der Waals surface area contributed by atoms with Crippen molar-refractivity contribution in [2.75, 3.05) is 26.4 Å². The molecule has 4 rings (SSSR count). The predicted octanol–water partition coefficient (Wildman–Crippen LogP) is 3.71. The number of rotatable bonds is 6. The summed E-state index contributed by atoms with van der Waals surface area (Å²) in [5.74, 6) is 2.84. The second-order valence-corrected chi connectivity index (χ2v) is 7.44. The summed E-state index contributed by atoms with van der Waals surface area (Å²) in [6.07, 6.45) is 3.53. The van der Waals surface area contributed by atoms with E-state index in [1.165, 1.54) is 24.0 Å². The van der Waals surface area contributed by atoms with E-state index in [1.807, 2.05) is 12.1 Å². The van der Waals surface area contributed by atoms with E-state index >= 15 is 0 Å². The molecule has 2 aromatic carbocycles. The van der Waals surface area contributed by atoms with Crippen molar-refractivity contribution in [3.63, 3.8) is 0 Å². The molecule has 5 heteroatoms. The Labute approximate surface area is 149 Å². The van der Waals surface area contributed by atoms with E-state index in [0.29, 0.717) is 25.0 Å². The van der Waals surface area contributed by atoms with Crippen molar-refractivity contribution in [2.24, 2.45) is 0 Å². The molecule has 0 aliphatic heterocycles. The first-order chi connectivity index (χ1) is 11.7. The summed E-state index contributed by atoms with van der Waals surface area (Å²) in [7, 11) is 0. The predicted molar refractivity (Wildman–Crippen MR) is 96.1 cm³/mol. The normalized spacial score (nSPS) is 21.3. The summed E-state index contributed by atoms with van der Waals surface area (Å²) >= 11 is 3.55. The van der Waals surface area contributed by atoms with Crippen LogP contribution in [0.4, 0.5) is 0 Å². The Bertz CT molecular complexity index is 774. The van der Waals surface area contributed by atoms with Gasteiger partial charge in [0.15, 0.2) is 0 Å². The van der Waals surface area contributed by atoms with Crippen LogP contribution in [0.15, 0.2) is 22.7 Å². The lowest BCUT2D eigenvalue weighted by atomic mass is 9.87. The highest BCUT2D eigenvalue weighted by Crippen LogP contribution is 2.61. The number of hydrogen-bond acceptors (Lipinski definition) is 4. The van der Waals surface area contributed by atoms with Crippen LogP contribution < -0.4 is 9.47 Å². The molecule has 2 aliphatic rings. The van der Waals surface area contributed by atoms with Gasteiger partial charge >= 0.3 is 0 Å². The topological polar surface area (TPSA) is 58.9 Å². The van der Waals surface area contributed by atoms with Crippen LogP contribution in [0, 0.1) is 0 Å². The number of aliphatic hydroxyl groups excluding tert-OH is 2. The summed E-state index contributed by atoms with van der Waals surface area (Å²) < 4.78 is 13.0. The molecule has 1 saturated carbocycles. The zero-order valence-electron chi connectivity index (χ0n) is 13.4. The zero-order chi connectivity index (χ0) is 16.7. The molecule has 0 radical (unpaired) electrons. The average molecular weight is 393 g/mol. The van der Waals surface area contributed by atoms with E-state index in [4.69, 9.17) is 9.47 Å². The third-order valence-corrected chi connectivity index (χ3v) is 5.67. The van der Waals surface area contributed by atoms with Crippen LogP contribution in [-0.2, 0) is 0 Å². The molecule has 1 fully saturated rings. The van der Waals surface area contributed by atoms with Crippen molar-refractivity contribution < 1.29 is 19.7 Å². The minimum absolute atomic E-state index is 0.00112. The molecule has 128 valence electrons. The quantitative estimate of drug-likeness (QED) is 0.786. The van der Waals surface area contributed by atoms with Gasteiger partial charge in [-0.1, -0.05) is 15.9 Å². The summed E-state index contributed by atoms with van der Waals surface area (Å²) in [6.45, 7) is 0.596. The van der Waals surface area contributed by atoms with Crippen molar-refractivity contribution in [3.8, 4) is 11.5 Å². The Balaban J connectivity index is 1.98. The van der Waals surface area contributed by atoms with E-state index in [0.717, 1.165) is 33.2 Å². The largest absolute Gasteiger partial charge is 0.490 e. The number of aliphatic hydroxyl groups is 2. The summed E-state index contributed by atoms with van der Waals surface area (Å²) in [5.41, 5.74) is 2.53. The van der Waals surface area contributed by atoms with Crippen LogP contribution in [-0.4, -0.2) is 36.6 Å². The molecule has 2 N–H and O–H groups in total. The fourth-order valence-electron chi connectivity index (χ4n) is 4.36. The molecule has 2 aromatic rings. The first kappa shape index (κ1) is 16.2. The lowest BCUT2D eigenvalue weighted by molar-refractivity contribution is 0.198. The molecular formula is C19H21BrO4. The van der Waals surface area contributed by atoms with E-state index < -0.39 is 0 Å². The second kappa shape index (κ2) is 6.54. The van der Waals surface area contributed by atoms with Crippen molar-refractivity contribution in [3.05, 3.63) is 33.8 Å². The standard InChI is InChI=1S/C19H21BrO4/c20-13-3-4-14-15(10-13)19(24-8-6-22)17-12-2-1-11(9-12)16(17)18(14)23-7-5-21/h3-4,10-12,21-22H,1-2,5-9H2. The minimum Gasteiger partial charge on any atom is -0.490 e. The summed E-state index contributed by atoms with van der Waals surface area (Å²) in [4.78, 5) is 0. The van der Waals surface area contributed by atoms with Crippen molar-refractivity contribution in [1.82, 2.24) is 0 Å². The Hall–Kier alpha value is -1.30. The molecule has 0 aromatic heterocycles. The van der Waals surface area contributed by atoms with Crippen LogP contribution in [0.5, 0.6) is 11.5 Å². The average Bonchev–Trinajstić information content (AvgIpc) is 3.20. The van der Waals surface area contributed by atoms with Gasteiger partial charge < -0.3 is 19.7 Å². The Kier molecular flexibility index (Phi) is 4.41. The van der Waals surface area contributed by atoms with Crippen LogP contribution in [0.2, 0.25) is 0 Å². The monoisotopic (exact) mass is 392 g/mol. The van der Waals surface area contributed by atoms with Crippen LogP contribution in [0.1, 0.15) is 42.2 Å². The first-order valence-electron chi connectivity index (χ1n) is 8.51. The van der Waals surface area contributed by atoms with Gasteiger partial charge in [0.05, 0.1) is 13.2 Å². The van der Waals surface area contributed by atoms with Gasteiger partial charge in [0.1, 0.15) is 24.7 Å². The molecule has 0 saturated heterocycles. The molecule has 2 bridgehead atoms. The lowest BCUT2D eigenvalue weighted by Crippen LogP contribution is -2.11. The maximum absolute atomic E-state index is 9.22. The Morgan fingerprint density at radius 1 is 0.917 bits per heavy atom. The number of ether oxygens (including phenoxy) is 2. The third-order valence-electron chi connectivity index (χ3n) is 5.17. The van der Waals surface area contributed by atoms with E-state index in [1.54, 1.807) is 0 Å². The maximum atomic E-state index is 9.22. The Morgan fingerprint density at radius 3 is 2.08 bits per heavy atom. The summed E-state index contributed by atoms with van der Waals surface area (Å²) in [6, 6.07) is 6.11. The zero-order valence-corrected chi connectivity index (χ0v) is 15.0. The number of fused-ring (bicyclic) bond motifs is 6. The molecular weight excluding hydrogens is 372 g/mol. The second-order valence-electron chi connectivity index (χ2n) is 6.53. The Morgan fingerprint density at radius 2 is 1.50 bits per heavy atom. The molecule has 2 atom stereocenters. The van der Waals surface area contributed by atoms with Gasteiger partial charge in [-0.3, -0.25) is 0 Å². The minimum atomic E-state index is 0.00112. The molecule has 0 amide bonds. The number of hydrogen-bond donors (Lipinski definition) is 2. The van der Waals surface area contributed by atoms with Gasteiger partial charge in [0, 0.05) is 26.4 Å². The van der Waals surface area contributed by atoms with E-state index in [9.17, 15) is 10.2 Å². The van der Waals surface area contributed by atoms with Gasteiger partial charge in [0.2, 0.25) is 0 Å². The third kappa shape index (κ3) is 2.50. The van der Waals surface area contributed by atoms with E-state index in [-0.39, 0.29) is 13.2 Å². The molecule has 2 unspecified atom stereocenters. The van der Waals surface area contributed by atoms with Gasteiger partial charge in [-0.15, -0.1) is 0 Å². The highest BCUT2D eigenvalue weighted by molar-refractivity contribution is 9.10. The van der Waals surface area contributed by atoms with Crippen molar-refractivity contribution in [2.45, 2.75) is 31.1 Å². The first-order valence-corrected chi connectivity index (χ1v) is 9.30. The highest BCUT2D eigenvalue weighted by Gasteiger charge is 2.42. The SMILES string of the molecule is OCCOc1c2c(c(OCCO)c3cc(Br)ccc13)C1CCC2C1. The lowest BCUT2D eigenvalue weighted by Gasteiger charge is -2.25. The van der Waals surface area contributed by atoms with Gasteiger partial charge in [0.25, 0.3) is 0 Å². The fourth-order valence-corrected chi connectivity index (χ4v) is 4.72. The number of benzene rings is 2. The molecule has 4 nitrogen and oxygen atoms in total. The number of halogens is 1. The van der Waals surface area contributed by atoms with Crippen molar-refractivity contribution >= 4 is 26.7 Å². The van der Waals surface area contributed by atoms with Gasteiger partial charge in [-0.2, -0.15) is 0 Å². The molecule has 2 aliphatic carbocycles. The molecule has 24 heavy (non-hydrogen) atoms. The fraction of sp³-hybridized carbons (Fsp3) is 0.474. The highest BCUT2D eigenvalue weighted by atomic mass is 79.9.